The van der Waals surface area contributed by atoms with Gasteiger partial charge in [0.15, 0.2) is 0 Å². The highest BCUT2D eigenvalue weighted by Gasteiger charge is 2.15. The molecule has 0 aliphatic carbocycles. The second kappa shape index (κ2) is 7.57. The van der Waals surface area contributed by atoms with Crippen molar-refractivity contribution in [3.8, 4) is 0 Å². The molecule has 98 valence electrons. The van der Waals surface area contributed by atoms with E-state index in [9.17, 15) is 14.9 Å². The van der Waals surface area contributed by atoms with Crippen molar-refractivity contribution in [3.05, 3.63) is 40.2 Å². The number of pyridine rings is 1. The quantitative estimate of drug-likeness (QED) is 0.448. The molecule has 2 amide bonds. The number of halogens is 1. The number of carbonyl (C=O) groups is 1. The van der Waals surface area contributed by atoms with E-state index in [-0.39, 0.29) is 24.0 Å². The van der Waals surface area contributed by atoms with E-state index in [1.807, 2.05) is 0 Å². The zero-order chi connectivity index (χ0) is 13.4. The van der Waals surface area contributed by atoms with Crippen molar-refractivity contribution in [2.75, 3.05) is 19.0 Å². The van der Waals surface area contributed by atoms with E-state index in [2.05, 4.69) is 10.3 Å². The first-order chi connectivity index (χ1) is 8.69. The Balaban J connectivity index is 2.52. The number of alkyl halides is 1. The van der Waals surface area contributed by atoms with Crippen LogP contribution in [0.1, 0.15) is 5.69 Å². The Bertz CT molecular complexity index is 390. The Morgan fingerprint density at radius 3 is 2.78 bits per heavy atom. The van der Waals surface area contributed by atoms with Gasteiger partial charge in [-0.15, -0.1) is 16.5 Å². The summed E-state index contributed by atoms with van der Waals surface area (Å²) in [5.74, 6) is 0.00216. The van der Waals surface area contributed by atoms with Gasteiger partial charge in [-0.2, -0.15) is 5.01 Å². The molecule has 0 atom stereocenters. The fourth-order valence-electron chi connectivity index (χ4n) is 1.24. The number of nitroso groups, excluding NO2 is 1. The maximum Gasteiger partial charge on any atom is 0.332 e. The third kappa shape index (κ3) is 4.27. The van der Waals surface area contributed by atoms with Crippen LogP contribution in [0, 0.1) is 10.1 Å². The molecule has 0 radical (unpaired) electrons. The third-order valence-electron chi connectivity index (χ3n) is 2.13. The van der Waals surface area contributed by atoms with Crippen LogP contribution in [0.25, 0.3) is 0 Å². The molecule has 0 bridgehead atoms. The zero-order valence-corrected chi connectivity index (χ0v) is 10.3. The van der Waals surface area contributed by atoms with E-state index in [1.54, 1.807) is 24.4 Å². The highest BCUT2D eigenvalue weighted by molar-refractivity contribution is 6.18. The number of hydrogen-bond donors (Lipinski definition) is 0. The average molecular weight is 272 g/mol. The van der Waals surface area contributed by atoms with Gasteiger partial charge in [0.25, 0.3) is 0 Å². The van der Waals surface area contributed by atoms with Gasteiger partial charge in [0.2, 0.25) is 0 Å². The van der Waals surface area contributed by atoms with Crippen molar-refractivity contribution in [1.29, 1.82) is 0 Å². The summed E-state index contributed by atoms with van der Waals surface area (Å²) < 4.78 is 0. The average Bonchev–Trinajstić information content (AvgIpc) is 2.40. The normalized spacial score (nSPS) is 9.89. The second-order valence-electron chi connectivity index (χ2n) is 3.35. The molecule has 0 aliphatic heterocycles. The summed E-state index contributed by atoms with van der Waals surface area (Å²) in [6.07, 6.45) is 1.94. The van der Waals surface area contributed by atoms with Gasteiger partial charge in [-0.1, -0.05) is 6.07 Å². The van der Waals surface area contributed by atoms with Crippen LogP contribution in [0.5, 0.6) is 0 Å². The number of hydrogen-bond acceptors (Lipinski definition) is 5. The van der Waals surface area contributed by atoms with Crippen LogP contribution in [-0.4, -0.2) is 40.1 Å². The molecule has 7 nitrogen and oxygen atoms in total. The minimum absolute atomic E-state index is 0.000369. The Morgan fingerprint density at radius 2 is 2.22 bits per heavy atom. The van der Waals surface area contributed by atoms with Crippen molar-refractivity contribution in [2.24, 2.45) is 5.29 Å². The van der Waals surface area contributed by atoms with E-state index in [0.29, 0.717) is 17.1 Å². The molecule has 18 heavy (non-hydrogen) atoms. The van der Waals surface area contributed by atoms with Crippen LogP contribution in [0.4, 0.5) is 4.79 Å². The first kappa shape index (κ1) is 14.3. The fourth-order valence-corrected chi connectivity index (χ4v) is 1.39. The van der Waals surface area contributed by atoms with Crippen molar-refractivity contribution < 1.29 is 4.79 Å². The first-order valence-electron chi connectivity index (χ1n) is 5.24. The van der Waals surface area contributed by atoms with E-state index in [1.165, 1.54) is 0 Å². The molecule has 0 aliphatic rings. The molecule has 1 rings (SSSR count). The molecule has 0 saturated carbocycles. The number of rotatable bonds is 6. The minimum atomic E-state index is -1.01. The van der Waals surface area contributed by atoms with E-state index >= 15 is 0 Å². The Labute approximate surface area is 109 Å². The molecule has 0 unspecified atom stereocenters. The molecule has 1 aromatic heterocycles. The lowest BCUT2D eigenvalue weighted by atomic mass is 10.3. The molecule has 0 aromatic carbocycles. The van der Waals surface area contributed by atoms with Crippen molar-refractivity contribution in [1.82, 2.24) is 15.1 Å². The van der Waals surface area contributed by atoms with Crippen LogP contribution in [0.2, 0.25) is 0 Å². The highest BCUT2D eigenvalue weighted by Crippen LogP contribution is 2.02. The van der Waals surface area contributed by atoms with Gasteiger partial charge < -0.3 is 10.3 Å². The Kier molecular flexibility index (Phi) is 6.03. The lowest BCUT2D eigenvalue weighted by Crippen LogP contribution is -2.38. The van der Waals surface area contributed by atoms with Gasteiger partial charge in [0, 0.05) is 30.7 Å². The minimum Gasteiger partial charge on any atom is -0.755 e. The molecule has 0 spiro atoms. The molecular weight excluding hydrogens is 260 g/mol. The van der Waals surface area contributed by atoms with E-state index in [4.69, 9.17) is 11.6 Å². The van der Waals surface area contributed by atoms with Gasteiger partial charge in [0.05, 0.1) is 11.8 Å². The number of carbonyl (C=O) groups excluding carboxylic acids is 1. The van der Waals surface area contributed by atoms with Crippen LogP contribution >= 0.6 is 11.6 Å². The van der Waals surface area contributed by atoms with Crippen molar-refractivity contribution in [3.63, 3.8) is 0 Å². The first-order valence-corrected chi connectivity index (χ1v) is 5.77. The molecule has 1 heterocycles. The summed E-state index contributed by atoms with van der Waals surface area (Å²) in [7, 11) is 0. The lowest BCUT2D eigenvalue weighted by molar-refractivity contribution is 0.172. The van der Waals surface area contributed by atoms with Crippen LogP contribution < -0.4 is 0 Å². The standard InChI is InChI=1S/C10H12ClN4O3/c11-5-8-15(18)10(16)14(13-17)7-4-9-3-1-2-6-12-9/h1-3,6H,4-5,7-8H2/q-1. The second-order valence-corrected chi connectivity index (χ2v) is 3.73. The SMILES string of the molecule is O=NN(CCc1ccccn1)C(=O)N([O-])CCCl. The van der Waals surface area contributed by atoms with Crippen molar-refractivity contribution >= 4 is 17.6 Å². The number of nitrogens with zero attached hydrogens (tertiary/aromatic N) is 4. The molecule has 0 fully saturated rings. The number of hydroxylamine groups is 2. The predicted octanol–water partition coefficient (Wildman–Crippen LogP) is 1.77. The zero-order valence-electron chi connectivity index (χ0n) is 9.53. The lowest BCUT2D eigenvalue weighted by Gasteiger charge is -2.29. The summed E-state index contributed by atoms with van der Waals surface area (Å²) >= 11 is 5.33. The fraction of sp³-hybridized carbons (Fsp3) is 0.400. The maximum absolute atomic E-state index is 11.5. The summed E-state index contributed by atoms with van der Waals surface area (Å²) in [5.41, 5.74) is 0.703. The van der Waals surface area contributed by atoms with E-state index in [0.717, 1.165) is 0 Å². The van der Waals surface area contributed by atoms with Gasteiger partial charge >= 0.3 is 6.03 Å². The topological polar surface area (TPSA) is 88.9 Å². The highest BCUT2D eigenvalue weighted by atomic mass is 35.5. The van der Waals surface area contributed by atoms with Crippen LogP contribution in [0.15, 0.2) is 29.7 Å². The molecule has 8 heteroatoms. The summed E-state index contributed by atoms with van der Waals surface area (Å²) in [6.45, 7) is -0.184. The monoisotopic (exact) mass is 271 g/mol. The van der Waals surface area contributed by atoms with Gasteiger partial charge in [0.1, 0.15) is 0 Å². The summed E-state index contributed by atoms with van der Waals surface area (Å²) in [5, 5.41) is 14.4. The number of urea groups is 1. The molecule has 0 saturated heterocycles. The number of aromatic nitrogens is 1. The van der Waals surface area contributed by atoms with Gasteiger partial charge in [-0.25, -0.2) is 4.79 Å². The largest absolute Gasteiger partial charge is 0.755 e. The molecule has 1 aromatic rings. The van der Waals surface area contributed by atoms with Crippen molar-refractivity contribution in [2.45, 2.75) is 6.42 Å². The van der Waals surface area contributed by atoms with Crippen LogP contribution in [0.3, 0.4) is 0 Å². The molecule has 0 N–H and O–H groups in total. The van der Waals surface area contributed by atoms with Gasteiger partial charge in [-0.05, 0) is 12.1 Å². The third-order valence-corrected chi connectivity index (χ3v) is 2.30. The maximum atomic E-state index is 11.5. The van der Waals surface area contributed by atoms with Gasteiger partial charge in [-0.3, -0.25) is 4.98 Å². The van der Waals surface area contributed by atoms with E-state index < -0.39 is 6.03 Å². The Morgan fingerprint density at radius 1 is 1.44 bits per heavy atom. The summed E-state index contributed by atoms with van der Waals surface area (Å²) in [4.78, 5) is 26.0. The Hall–Kier alpha value is -1.73. The molecular formula is C10H12ClN4O3-. The summed E-state index contributed by atoms with van der Waals surface area (Å²) in [6, 6.07) is 4.28. The smallest absolute Gasteiger partial charge is 0.332 e. The predicted molar refractivity (Wildman–Crippen MR) is 66.6 cm³/mol. The van der Waals surface area contributed by atoms with Crippen LogP contribution in [-0.2, 0) is 6.42 Å². The number of amides is 2.